The van der Waals surface area contributed by atoms with Gasteiger partial charge in [-0.2, -0.15) is 4.98 Å². The fraction of sp³-hybridized carbons (Fsp3) is 0.167. The molecule has 12 heavy (non-hydrogen) atoms. The first-order valence-electron chi connectivity index (χ1n) is 3.09. The number of anilines is 1. The summed E-state index contributed by atoms with van der Waals surface area (Å²) in [6, 6.07) is 2.63. The van der Waals surface area contributed by atoms with Crippen molar-refractivity contribution in [1.29, 1.82) is 0 Å². The Morgan fingerprint density at radius 1 is 1.33 bits per heavy atom. The van der Waals surface area contributed by atoms with Crippen LogP contribution in [0.2, 0.25) is 0 Å². The zero-order valence-electron chi connectivity index (χ0n) is 5.75. The number of fused-ring (bicyclic) bond motifs is 1. The summed E-state index contributed by atoms with van der Waals surface area (Å²) in [5.74, 6) is -0.274. The monoisotopic (exact) mass is 174 g/mol. The number of alkyl halides is 2. The molecule has 64 valence electrons. The van der Waals surface area contributed by atoms with Crippen LogP contribution in [-0.2, 0) is 0 Å². The van der Waals surface area contributed by atoms with E-state index >= 15 is 0 Å². The highest BCUT2D eigenvalue weighted by Crippen LogP contribution is 2.39. The Bertz CT molecular complexity index is 329. The number of nitrogen functional groups attached to an aromatic ring is 1. The average molecular weight is 174 g/mol. The van der Waals surface area contributed by atoms with Crippen LogP contribution in [-0.4, -0.2) is 11.3 Å². The van der Waals surface area contributed by atoms with Crippen LogP contribution in [0.1, 0.15) is 0 Å². The van der Waals surface area contributed by atoms with Crippen LogP contribution >= 0.6 is 0 Å². The zero-order chi connectivity index (χ0) is 8.77. The largest absolute Gasteiger partial charge is 0.587 e. The van der Waals surface area contributed by atoms with Crippen LogP contribution in [0.25, 0.3) is 0 Å². The second-order valence-corrected chi connectivity index (χ2v) is 2.21. The van der Waals surface area contributed by atoms with Crippen LogP contribution in [0.3, 0.4) is 0 Å². The standard InChI is InChI=1S/C6H4F2N2O2/c7-6(8)11-3-1-2-4(9)10-5(3)12-6/h1-2H,(H2,9,10). The Labute approximate surface area is 65.9 Å². The van der Waals surface area contributed by atoms with Crippen molar-refractivity contribution in [3.63, 3.8) is 0 Å². The second-order valence-electron chi connectivity index (χ2n) is 2.21. The number of ether oxygens (including phenoxy) is 2. The maximum atomic E-state index is 12.3. The predicted octanol–water partition coefficient (Wildman–Crippen LogP) is 0.985. The van der Waals surface area contributed by atoms with Crippen LogP contribution < -0.4 is 15.2 Å². The lowest BCUT2D eigenvalue weighted by Crippen LogP contribution is -2.26. The number of rotatable bonds is 0. The third-order valence-electron chi connectivity index (χ3n) is 1.29. The molecule has 0 saturated carbocycles. The van der Waals surface area contributed by atoms with Gasteiger partial charge < -0.3 is 15.2 Å². The highest BCUT2D eigenvalue weighted by atomic mass is 19.3. The van der Waals surface area contributed by atoms with Crippen molar-refractivity contribution in [2.45, 2.75) is 6.29 Å². The molecule has 0 aromatic carbocycles. The predicted molar refractivity (Wildman–Crippen MR) is 34.9 cm³/mol. The molecule has 6 heteroatoms. The summed E-state index contributed by atoms with van der Waals surface area (Å²) in [6.07, 6.45) is -3.62. The minimum Gasteiger partial charge on any atom is -0.393 e. The van der Waals surface area contributed by atoms with E-state index in [2.05, 4.69) is 14.5 Å². The van der Waals surface area contributed by atoms with E-state index < -0.39 is 6.29 Å². The van der Waals surface area contributed by atoms with Crippen LogP contribution in [0.4, 0.5) is 14.6 Å². The fourth-order valence-corrected chi connectivity index (χ4v) is 0.854. The summed E-state index contributed by atoms with van der Waals surface area (Å²) < 4.78 is 32.8. The summed E-state index contributed by atoms with van der Waals surface area (Å²) in [4.78, 5) is 3.50. The van der Waals surface area contributed by atoms with E-state index in [4.69, 9.17) is 5.73 Å². The molecule has 1 aromatic rings. The SMILES string of the molecule is Nc1ccc2c(n1)OC(F)(F)O2. The molecule has 0 radical (unpaired) electrons. The smallest absolute Gasteiger partial charge is 0.393 e. The molecule has 4 nitrogen and oxygen atoms in total. The minimum absolute atomic E-state index is 0.103. The van der Waals surface area contributed by atoms with Crippen molar-refractivity contribution in [1.82, 2.24) is 4.98 Å². The van der Waals surface area contributed by atoms with Gasteiger partial charge in [-0.3, -0.25) is 0 Å². The van der Waals surface area contributed by atoms with Crippen molar-refractivity contribution in [3.05, 3.63) is 12.1 Å². The lowest BCUT2D eigenvalue weighted by molar-refractivity contribution is -0.287. The lowest BCUT2D eigenvalue weighted by atomic mass is 10.4. The molecule has 2 heterocycles. The van der Waals surface area contributed by atoms with Crippen molar-refractivity contribution < 1.29 is 18.3 Å². The molecule has 0 unspecified atom stereocenters. The molecule has 1 aliphatic rings. The molecular weight excluding hydrogens is 170 g/mol. The van der Waals surface area contributed by atoms with Gasteiger partial charge in [0.2, 0.25) is 0 Å². The van der Waals surface area contributed by atoms with Gasteiger partial charge in [0.25, 0.3) is 5.88 Å². The van der Waals surface area contributed by atoms with E-state index in [1.165, 1.54) is 12.1 Å². The maximum Gasteiger partial charge on any atom is 0.587 e. The van der Waals surface area contributed by atoms with Crippen LogP contribution in [0.15, 0.2) is 12.1 Å². The Balaban J connectivity index is 2.43. The first-order chi connectivity index (χ1) is 5.57. The van der Waals surface area contributed by atoms with Gasteiger partial charge in [-0.1, -0.05) is 0 Å². The highest BCUT2D eigenvalue weighted by Gasteiger charge is 2.44. The normalized spacial score (nSPS) is 17.8. The number of halogens is 2. The van der Waals surface area contributed by atoms with Gasteiger partial charge in [-0.25, -0.2) is 0 Å². The molecule has 0 atom stereocenters. The highest BCUT2D eigenvalue weighted by molar-refractivity contribution is 5.43. The molecule has 0 amide bonds. The van der Waals surface area contributed by atoms with Gasteiger partial charge in [-0.05, 0) is 12.1 Å². The zero-order valence-corrected chi connectivity index (χ0v) is 5.75. The van der Waals surface area contributed by atoms with Gasteiger partial charge in [0, 0.05) is 0 Å². The topological polar surface area (TPSA) is 57.4 Å². The van der Waals surface area contributed by atoms with Crippen molar-refractivity contribution in [2.24, 2.45) is 0 Å². The van der Waals surface area contributed by atoms with E-state index in [-0.39, 0.29) is 17.4 Å². The van der Waals surface area contributed by atoms with Gasteiger partial charge in [0.05, 0.1) is 0 Å². The molecule has 2 N–H and O–H groups in total. The van der Waals surface area contributed by atoms with Gasteiger partial charge in [-0.15, -0.1) is 8.78 Å². The Morgan fingerprint density at radius 3 is 2.83 bits per heavy atom. The van der Waals surface area contributed by atoms with Crippen LogP contribution in [0.5, 0.6) is 11.6 Å². The van der Waals surface area contributed by atoms with E-state index in [0.29, 0.717) is 0 Å². The first-order valence-corrected chi connectivity index (χ1v) is 3.09. The Morgan fingerprint density at radius 2 is 2.08 bits per heavy atom. The summed E-state index contributed by atoms with van der Waals surface area (Å²) in [6.45, 7) is 0. The lowest BCUT2D eigenvalue weighted by Gasteiger charge is -2.03. The van der Waals surface area contributed by atoms with E-state index in [0.717, 1.165) is 0 Å². The van der Waals surface area contributed by atoms with Crippen molar-refractivity contribution in [2.75, 3.05) is 5.73 Å². The first kappa shape index (κ1) is 7.08. The van der Waals surface area contributed by atoms with Crippen molar-refractivity contribution in [3.8, 4) is 11.6 Å². The number of nitrogens with two attached hydrogens (primary N) is 1. The summed E-state index contributed by atoms with van der Waals surface area (Å²) in [5.41, 5.74) is 5.23. The molecule has 0 saturated heterocycles. The molecule has 0 bridgehead atoms. The molecule has 0 aliphatic carbocycles. The quantitative estimate of drug-likeness (QED) is 0.637. The van der Waals surface area contributed by atoms with Gasteiger partial charge in [0.15, 0.2) is 5.75 Å². The van der Waals surface area contributed by atoms with E-state index in [1.807, 2.05) is 0 Å². The van der Waals surface area contributed by atoms with Crippen molar-refractivity contribution >= 4 is 5.82 Å². The van der Waals surface area contributed by atoms with Gasteiger partial charge >= 0.3 is 6.29 Å². The van der Waals surface area contributed by atoms with E-state index in [9.17, 15) is 8.78 Å². The number of hydrogen-bond donors (Lipinski definition) is 1. The number of pyridine rings is 1. The molecule has 1 aliphatic heterocycles. The minimum atomic E-state index is -3.62. The molecular formula is C6H4F2N2O2. The average Bonchev–Trinajstić information content (AvgIpc) is 2.21. The summed E-state index contributed by atoms with van der Waals surface area (Å²) in [7, 11) is 0. The fourth-order valence-electron chi connectivity index (χ4n) is 0.854. The Hall–Kier alpha value is -1.59. The number of nitrogens with zero attached hydrogens (tertiary/aromatic N) is 1. The third kappa shape index (κ3) is 1.01. The number of aromatic nitrogens is 1. The summed E-state index contributed by atoms with van der Waals surface area (Å²) in [5, 5.41) is 0. The maximum absolute atomic E-state index is 12.3. The van der Waals surface area contributed by atoms with Crippen LogP contribution in [0, 0.1) is 0 Å². The molecule has 1 aromatic heterocycles. The second kappa shape index (κ2) is 1.96. The van der Waals surface area contributed by atoms with Gasteiger partial charge in [0.1, 0.15) is 5.82 Å². The Kier molecular flexibility index (Phi) is 1.16. The number of hydrogen-bond acceptors (Lipinski definition) is 4. The molecule has 2 rings (SSSR count). The van der Waals surface area contributed by atoms with E-state index in [1.54, 1.807) is 0 Å². The summed E-state index contributed by atoms with van der Waals surface area (Å²) >= 11 is 0. The third-order valence-corrected chi connectivity index (χ3v) is 1.29. The molecule has 0 fully saturated rings. The molecule has 0 spiro atoms.